The first kappa shape index (κ1) is 16.0. The Bertz CT molecular complexity index is 161. The first-order chi connectivity index (χ1) is 8.93. The van der Waals surface area contributed by atoms with Gasteiger partial charge in [-0.05, 0) is 31.8 Å². The van der Waals surface area contributed by atoms with Crippen LogP contribution in [0.5, 0.6) is 0 Å². The monoisotopic (exact) mass is 253 g/mol. The molecule has 1 rings (SSSR count). The average Bonchev–Trinajstić information content (AvgIpc) is 2.89. The van der Waals surface area contributed by atoms with E-state index in [2.05, 4.69) is 12.2 Å². The number of unbranched alkanes of at least 4 members (excludes halogenated alkanes) is 6. The lowest BCUT2D eigenvalue weighted by molar-refractivity contribution is 0.461. The lowest BCUT2D eigenvalue weighted by atomic mass is 9.99. The predicted octanol–water partition coefficient (Wildman–Crippen LogP) is 5.30. The fraction of sp³-hybridized carbons (Fsp3) is 1.00. The molecule has 18 heavy (non-hydrogen) atoms. The van der Waals surface area contributed by atoms with Gasteiger partial charge in [0.25, 0.3) is 0 Å². The standard InChI is InChI=1S/C17H35N/c1-2-3-4-10-15-18-16-11-6-5-7-12-17-13-8-9-14-17/h17-18H,2-16H2,1H3. The summed E-state index contributed by atoms with van der Waals surface area (Å²) in [6.07, 6.45) is 18.9. The minimum absolute atomic E-state index is 1.10. The molecule has 0 heterocycles. The maximum Gasteiger partial charge on any atom is -0.00489 e. The van der Waals surface area contributed by atoms with Crippen molar-refractivity contribution in [3.05, 3.63) is 0 Å². The lowest BCUT2D eigenvalue weighted by Crippen LogP contribution is -2.16. The Kier molecular flexibility index (Phi) is 10.7. The van der Waals surface area contributed by atoms with Gasteiger partial charge in [0.05, 0.1) is 0 Å². The Balaban J connectivity index is 1.68. The van der Waals surface area contributed by atoms with Gasteiger partial charge in [-0.1, -0.05) is 77.6 Å². The molecule has 0 aromatic heterocycles. The van der Waals surface area contributed by atoms with Crippen LogP contribution in [0.1, 0.15) is 90.4 Å². The summed E-state index contributed by atoms with van der Waals surface area (Å²) >= 11 is 0. The molecule has 0 spiro atoms. The zero-order chi connectivity index (χ0) is 12.9. The molecule has 0 aliphatic heterocycles. The van der Waals surface area contributed by atoms with Crippen molar-refractivity contribution in [3.63, 3.8) is 0 Å². The van der Waals surface area contributed by atoms with Crippen LogP contribution in [0.3, 0.4) is 0 Å². The molecule has 1 aliphatic carbocycles. The SMILES string of the molecule is CCCCCCNCCCCCCC1CCCC1. The van der Waals surface area contributed by atoms with Crippen molar-refractivity contribution in [2.24, 2.45) is 5.92 Å². The molecular weight excluding hydrogens is 218 g/mol. The third kappa shape index (κ3) is 8.97. The zero-order valence-electron chi connectivity index (χ0n) is 12.7. The van der Waals surface area contributed by atoms with Crippen molar-refractivity contribution in [1.29, 1.82) is 0 Å². The van der Waals surface area contributed by atoms with E-state index in [1.165, 1.54) is 96.6 Å². The molecule has 0 saturated heterocycles. The molecule has 0 atom stereocenters. The maximum atomic E-state index is 3.58. The van der Waals surface area contributed by atoms with Crippen molar-refractivity contribution in [1.82, 2.24) is 5.32 Å². The molecule has 0 unspecified atom stereocenters. The zero-order valence-corrected chi connectivity index (χ0v) is 12.7. The molecule has 1 fully saturated rings. The fourth-order valence-electron chi connectivity index (χ4n) is 3.14. The maximum absolute atomic E-state index is 3.58. The highest BCUT2D eigenvalue weighted by Gasteiger charge is 2.13. The second-order valence-corrected chi connectivity index (χ2v) is 6.16. The van der Waals surface area contributed by atoms with Crippen molar-refractivity contribution in [2.45, 2.75) is 90.4 Å². The van der Waals surface area contributed by atoms with Crippen molar-refractivity contribution >= 4 is 0 Å². The van der Waals surface area contributed by atoms with Crippen molar-refractivity contribution < 1.29 is 0 Å². The van der Waals surface area contributed by atoms with Gasteiger partial charge in [-0.3, -0.25) is 0 Å². The third-order valence-electron chi connectivity index (χ3n) is 4.40. The molecule has 108 valence electrons. The van der Waals surface area contributed by atoms with Crippen LogP contribution in [0.15, 0.2) is 0 Å². The van der Waals surface area contributed by atoms with Crippen LogP contribution in [-0.2, 0) is 0 Å². The summed E-state index contributed by atoms with van der Waals surface area (Å²) < 4.78 is 0. The smallest absolute Gasteiger partial charge is 0.00489 e. The summed E-state index contributed by atoms with van der Waals surface area (Å²) in [5, 5.41) is 3.58. The Morgan fingerprint density at radius 1 is 0.778 bits per heavy atom. The molecule has 0 aromatic rings. The van der Waals surface area contributed by atoms with Crippen LogP contribution >= 0.6 is 0 Å². The predicted molar refractivity (Wildman–Crippen MR) is 82.1 cm³/mol. The Morgan fingerprint density at radius 3 is 2.06 bits per heavy atom. The molecule has 0 amide bonds. The number of hydrogen-bond acceptors (Lipinski definition) is 1. The van der Waals surface area contributed by atoms with Gasteiger partial charge in [0, 0.05) is 0 Å². The minimum atomic E-state index is 1.10. The summed E-state index contributed by atoms with van der Waals surface area (Å²) in [6, 6.07) is 0. The summed E-state index contributed by atoms with van der Waals surface area (Å²) in [7, 11) is 0. The lowest BCUT2D eigenvalue weighted by Gasteiger charge is -2.08. The first-order valence-electron chi connectivity index (χ1n) is 8.64. The van der Waals surface area contributed by atoms with Gasteiger partial charge < -0.3 is 5.32 Å². The summed E-state index contributed by atoms with van der Waals surface area (Å²) in [4.78, 5) is 0. The highest BCUT2D eigenvalue weighted by Crippen LogP contribution is 2.29. The van der Waals surface area contributed by atoms with E-state index in [-0.39, 0.29) is 0 Å². The van der Waals surface area contributed by atoms with Crippen LogP contribution in [0.4, 0.5) is 0 Å². The van der Waals surface area contributed by atoms with Crippen LogP contribution in [0, 0.1) is 5.92 Å². The van der Waals surface area contributed by atoms with E-state index in [4.69, 9.17) is 0 Å². The van der Waals surface area contributed by atoms with Crippen LogP contribution < -0.4 is 5.32 Å². The van der Waals surface area contributed by atoms with E-state index in [1.54, 1.807) is 0 Å². The second kappa shape index (κ2) is 12.0. The molecule has 1 aliphatic rings. The molecule has 1 N–H and O–H groups in total. The largest absolute Gasteiger partial charge is 0.317 e. The first-order valence-corrected chi connectivity index (χ1v) is 8.64. The fourth-order valence-corrected chi connectivity index (χ4v) is 3.14. The van der Waals surface area contributed by atoms with E-state index in [1.807, 2.05) is 0 Å². The number of rotatable bonds is 12. The number of hydrogen-bond donors (Lipinski definition) is 1. The van der Waals surface area contributed by atoms with Gasteiger partial charge in [-0.2, -0.15) is 0 Å². The minimum Gasteiger partial charge on any atom is -0.317 e. The van der Waals surface area contributed by atoms with Crippen LogP contribution in [0.2, 0.25) is 0 Å². The van der Waals surface area contributed by atoms with E-state index in [9.17, 15) is 0 Å². The van der Waals surface area contributed by atoms with E-state index in [0.29, 0.717) is 0 Å². The van der Waals surface area contributed by atoms with Crippen LogP contribution in [-0.4, -0.2) is 13.1 Å². The van der Waals surface area contributed by atoms with Crippen molar-refractivity contribution in [3.8, 4) is 0 Å². The Hall–Kier alpha value is -0.0400. The van der Waals surface area contributed by atoms with Gasteiger partial charge >= 0.3 is 0 Å². The second-order valence-electron chi connectivity index (χ2n) is 6.16. The van der Waals surface area contributed by atoms with E-state index >= 15 is 0 Å². The van der Waals surface area contributed by atoms with E-state index in [0.717, 1.165) is 5.92 Å². The highest BCUT2D eigenvalue weighted by molar-refractivity contribution is 4.67. The summed E-state index contributed by atoms with van der Waals surface area (Å²) in [6.45, 7) is 4.76. The van der Waals surface area contributed by atoms with Crippen LogP contribution in [0.25, 0.3) is 0 Å². The Morgan fingerprint density at radius 2 is 1.39 bits per heavy atom. The van der Waals surface area contributed by atoms with Gasteiger partial charge in [0.2, 0.25) is 0 Å². The van der Waals surface area contributed by atoms with Gasteiger partial charge in [0.1, 0.15) is 0 Å². The normalized spacial score (nSPS) is 16.5. The number of nitrogens with one attached hydrogen (secondary N) is 1. The third-order valence-corrected chi connectivity index (χ3v) is 4.40. The summed E-state index contributed by atoms with van der Waals surface area (Å²) in [5.41, 5.74) is 0. The highest BCUT2D eigenvalue weighted by atomic mass is 14.8. The van der Waals surface area contributed by atoms with Gasteiger partial charge in [0.15, 0.2) is 0 Å². The quantitative estimate of drug-likeness (QED) is 0.466. The van der Waals surface area contributed by atoms with Crippen molar-refractivity contribution in [2.75, 3.05) is 13.1 Å². The topological polar surface area (TPSA) is 12.0 Å². The molecular formula is C17H35N. The summed E-state index contributed by atoms with van der Waals surface area (Å²) in [5.74, 6) is 1.10. The van der Waals surface area contributed by atoms with Gasteiger partial charge in [-0.25, -0.2) is 0 Å². The molecule has 1 nitrogen and oxygen atoms in total. The molecule has 1 heteroatoms. The Labute approximate surface area is 115 Å². The molecule has 0 aromatic carbocycles. The average molecular weight is 253 g/mol. The van der Waals surface area contributed by atoms with Gasteiger partial charge in [-0.15, -0.1) is 0 Å². The molecule has 1 saturated carbocycles. The molecule has 0 bridgehead atoms. The molecule has 0 radical (unpaired) electrons. The van der Waals surface area contributed by atoms with E-state index < -0.39 is 0 Å².